The molecule has 0 aliphatic carbocycles. The molecule has 6 heteroatoms. The maximum Gasteiger partial charge on any atom is 0.255 e. The van der Waals surface area contributed by atoms with Crippen molar-refractivity contribution in [1.29, 1.82) is 0 Å². The maximum atomic E-state index is 13.0. The van der Waals surface area contributed by atoms with Gasteiger partial charge in [0.15, 0.2) is 11.5 Å². The number of carbonyl (C=O) groups is 1. The molecule has 1 heterocycles. The Labute approximate surface area is 185 Å². The van der Waals surface area contributed by atoms with Crippen LogP contribution in [0.2, 0.25) is 0 Å². The van der Waals surface area contributed by atoms with Crippen molar-refractivity contribution >= 4 is 17.3 Å². The highest BCUT2D eigenvalue weighted by atomic mass is 16.5. The number of methoxy groups -OCH3 is 2. The molecule has 1 aliphatic rings. The molecule has 2 aromatic carbocycles. The third-order valence-electron chi connectivity index (χ3n) is 5.83. The van der Waals surface area contributed by atoms with Gasteiger partial charge in [0.05, 0.1) is 14.2 Å². The highest BCUT2D eigenvalue weighted by molar-refractivity contribution is 6.05. The first-order chi connectivity index (χ1) is 15.0. The Kier molecular flexibility index (Phi) is 7.58. The maximum absolute atomic E-state index is 13.0. The summed E-state index contributed by atoms with van der Waals surface area (Å²) in [5.41, 5.74) is 4.43. The minimum atomic E-state index is -0.182. The molecule has 6 nitrogen and oxygen atoms in total. The van der Waals surface area contributed by atoms with Crippen molar-refractivity contribution in [3.05, 3.63) is 59.7 Å². The number of hydrogen-bond donors (Lipinski definition) is 1. The van der Waals surface area contributed by atoms with Crippen molar-refractivity contribution in [3.8, 4) is 11.5 Å². The van der Waals surface area contributed by atoms with E-state index in [9.17, 15) is 4.79 Å². The molecule has 0 bridgehead atoms. The molecule has 3 rings (SSSR count). The van der Waals surface area contributed by atoms with E-state index in [4.69, 9.17) is 9.47 Å². The summed E-state index contributed by atoms with van der Waals surface area (Å²) in [6.07, 6.45) is 2.36. The molecule has 31 heavy (non-hydrogen) atoms. The minimum Gasteiger partial charge on any atom is -0.493 e. The van der Waals surface area contributed by atoms with Crippen molar-refractivity contribution in [1.82, 2.24) is 4.90 Å². The van der Waals surface area contributed by atoms with Crippen LogP contribution in [0.15, 0.2) is 43.0 Å². The second-order valence-electron chi connectivity index (χ2n) is 7.74. The first kappa shape index (κ1) is 22.7. The number of nitrogens with one attached hydrogen (secondary N) is 1. The van der Waals surface area contributed by atoms with Gasteiger partial charge in [0, 0.05) is 48.7 Å². The van der Waals surface area contributed by atoms with Crippen molar-refractivity contribution in [2.24, 2.45) is 0 Å². The van der Waals surface area contributed by atoms with Crippen LogP contribution in [0.5, 0.6) is 11.5 Å². The van der Waals surface area contributed by atoms with Crippen LogP contribution in [-0.4, -0.2) is 57.8 Å². The van der Waals surface area contributed by atoms with E-state index >= 15 is 0 Å². The lowest BCUT2D eigenvalue weighted by Gasteiger charge is -2.35. The number of benzene rings is 2. The second-order valence-corrected chi connectivity index (χ2v) is 7.74. The number of nitrogens with zero attached hydrogens (tertiary/aromatic N) is 2. The summed E-state index contributed by atoms with van der Waals surface area (Å²) in [5.74, 6) is 0.978. The highest BCUT2D eigenvalue weighted by Gasteiger charge is 2.18. The Morgan fingerprint density at radius 1 is 1.13 bits per heavy atom. The monoisotopic (exact) mass is 423 g/mol. The topological polar surface area (TPSA) is 54.0 Å². The number of allylic oxidation sites excluding steroid dienone is 1. The molecule has 1 aliphatic heterocycles. The zero-order valence-corrected chi connectivity index (χ0v) is 19.0. The zero-order valence-electron chi connectivity index (χ0n) is 19.0. The number of ether oxygens (including phenoxy) is 2. The lowest BCUT2D eigenvalue weighted by molar-refractivity contribution is 0.102. The molecule has 1 fully saturated rings. The van der Waals surface area contributed by atoms with E-state index in [2.05, 4.69) is 40.8 Å². The van der Waals surface area contributed by atoms with Crippen LogP contribution in [-0.2, 0) is 6.42 Å². The molecule has 0 atom stereocenters. The zero-order chi connectivity index (χ0) is 22.4. The number of carbonyl (C=O) groups excluding carboxylic acids is 1. The van der Waals surface area contributed by atoms with Gasteiger partial charge in [0.1, 0.15) is 0 Å². The first-order valence-electron chi connectivity index (χ1n) is 10.8. The van der Waals surface area contributed by atoms with Crippen molar-refractivity contribution in [2.45, 2.75) is 20.3 Å². The van der Waals surface area contributed by atoms with Crippen molar-refractivity contribution in [3.63, 3.8) is 0 Å². The Morgan fingerprint density at radius 2 is 1.87 bits per heavy atom. The molecule has 0 unspecified atom stereocenters. The van der Waals surface area contributed by atoms with Gasteiger partial charge in [0.25, 0.3) is 5.91 Å². The van der Waals surface area contributed by atoms with Gasteiger partial charge < -0.3 is 24.6 Å². The molecule has 0 saturated carbocycles. The quantitative estimate of drug-likeness (QED) is 0.647. The van der Waals surface area contributed by atoms with Gasteiger partial charge in [-0.05, 0) is 55.8 Å². The van der Waals surface area contributed by atoms with Crippen molar-refractivity contribution < 1.29 is 14.3 Å². The van der Waals surface area contributed by atoms with E-state index in [0.717, 1.165) is 49.5 Å². The van der Waals surface area contributed by atoms with Crippen LogP contribution in [0, 0.1) is 6.92 Å². The lowest BCUT2D eigenvalue weighted by Crippen LogP contribution is -2.46. The van der Waals surface area contributed by atoms with Gasteiger partial charge in [-0.25, -0.2) is 0 Å². The molecule has 0 radical (unpaired) electrons. The summed E-state index contributed by atoms with van der Waals surface area (Å²) >= 11 is 0. The number of amides is 1. The average molecular weight is 424 g/mol. The third kappa shape index (κ3) is 5.20. The molecular weight excluding hydrogens is 390 g/mol. The standard InChI is InChI=1S/C25H33N3O3/c1-6-8-19-16-20(17-23(30-4)24(19)31-5)25(29)26-22-10-9-21(15-18(22)3)28-13-11-27(7-2)12-14-28/h6,9-10,15-17H,1,7-8,11-14H2,2-5H3,(H,26,29). The number of rotatable bonds is 8. The third-order valence-corrected chi connectivity index (χ3v) is 5.83. The molecule has 0 aromatic heterocycles. The van der Waals surface area contributed by atoms with Gasteiger partial charge >= 0.3 is 0 Å². The first-order valence-corrected chi connectivity index (χ1v) is 10.8. The Bertz CT molecular complexity index is 934. The van der Waals surface area contributed by atoms with Crippen LogP contribution in [0.4, 0.5) is 11.4 Å². The van der Waals surface area contributed by atoms with Crippen LogP contribution in [0.1, 0.15) is 28.4 Å². The largest absolute Gasteiger partial charge is 0.493 e. The highest BCUT2D eigenvalue weighted by Crippen LogP contribution is 2.33. The second kappa shape index (κ2) is 10.4. The fourth-order valence-electron chi connectivity index (χ4n) is 3.98. The normalized spacial score (nSPS) is 14.3. The van der Waals surface area contributed by atoms with E-state index in [1.54, 1.807) is 26.4 Å². The Morgan fingerprint density at radius 3 is 2.45 bits per heavy atom. The fourth-order valence-corrected chi connectivity index (χ4v) is 3.98. The average Bonchev–Trinajstić information content (AvgIpc) is 2.80. The van der Waals surface area contributed by atoms with Gasteiger partial charge in [0.2, 0.25) is 0 Å². The van der Waals surface area contributed by atoms with E-state index in [1.807, 2.05) is 19.1 Å². The van der Waals surface area contributed by atoms with Crippen LogP contribution in [0.3, 0.4) is 0 Å². The molecule has 0 spiro atoms. The fraction of sp³-hybridized carbons (Fsp3) is 0.400. The van der Waals surface area contributed by atoms with Gasteiger partial charge in [-0.1, -0.05) is 13.0 Å². The van der Waals surface area contributed by atoms with Crippen LogP contribution >= 0.6 is 0 Å². The van der Waals surface area contributed by atoms with Gasteiger partial charge in [-0.15, -0.1) is 6.58 Å². The van der Waals surface area contributed by atoms with Crippen molar-refractivity contribution in [2.75, 3.05) is 57.2 Å². The SMILES string of the molecule is C=CCc1cc(C(=O)Nc2ccc(N3CCN(CC)CC3)cc2C)cc(OC)c1OC. The number of anilines is 2. The van der Waals surface area contributed by atoms with E-state index in [0.29, 0.717) is 23.5 Å². The predicted octanol–water partition coefficient (Wildman–Crippen LogP) is 4.13. The van der Waals surface area contributed by atoms with E-state index in [-0.39, 0.29) is 5.91 Å². The Balaban J connectivity index is 1.77. The summed E-state index contributed by atoms with van der Waals surface area (Å²) in [4.78, 5) is 17.9. The van der Waals surface area contributed by atoms with E-state index in [1.165, 1.54) is 5.69 Å². The minimum absolute atomic E-state index is 0.182. The van der Waals surface area contributed by atoms with Crippen LogP contribution in [0.25, 0.3) is 0 Å². The molecule has 166 valence electrons. The van der Waals surface area contributed by atoms with E-state index < -0.39 is 0 Å². The predicted molar refractivity (Wildman–Crippen MR) is 127 cm³/mol. The summed E-state index contributed by atoms with van der Waals surface area (Å²) in [6, 6.07) is 9.75. The molecule has 2 aromatic rings. The molecule has 1 amide bonds. The summed E-state index contributed by atoms with van der Waals surface area (Å²) in [5, 5.41) is 3.04. The summed E-state index contributed by atoms with van der Waals surface area (Å²) < 4.78 is 10.9. The number of piperazine rings is 1. The molecule has 1 saturated heterocycles. The number of hydrogen-bond acceptors (Lipinski definition) is 5. The molecule has 1 N–H and O–H groups in total. The van der Waals surface area contributed by atoms with Gasteiger partial charge in [-0.2, -0.15) is 0 Å². The van der Waals surface area contributed by atoms with Gasteiger partial charge in [-0.3, -0.25) is 4.79 Å². The molecular formula is C25H33N3O3. The number of likely N-dealkylation sites (N-methyl/N-ethyl adjacent to an activating group) is 1. The Hall–Kier alpha value is -2.99. The lowest BCUT2D eigenvalue weighted by atomic mass is 10.0. The summed E-state index contributed by atoms with van der Waals surface area (Å²) in [6.45, 7) is 13.3. The van der Waals surface area contributed by atoms with Crippen LogP contribution < -0.4 is 19.7 Å². The smallest absolute Gasteiger partial charge is 0.255 e. The number of aryl methyl sites for hydroxylation is 1. The summed E-state index contributed by atoms with van der Waals surface area (Å²) in [7, 11) is 3.16.